The molecule has 0 aliphatic carbocycles. The molecule has 0 bridgehead atoms. The highest BCUT2D eigenvalue weighted by Gasteiger charge is 2.15. The molecule has 3 amide bonds. The van der Waals surface area contributed by atoms with Gasteiger partial charge in [0.2, 0.25) is 11.8 Å². The molecule has 3 N–H and O–H groups in total. The van der Waals surface area contributed by atoms with Crippen LogP contribution < -0.4 is 20.7 Å². The van der Waals surface area contributed by atoms with Crippen molar-refractivity contribution in [1.82, 2.24) is 10.6 Å². The molecule has 0 fully saturated rings. The van der Waals surface area contributed by atoms with Crippen molar-refractivity contribution in [1.29, 1.82) is 0 Å². The Hall–Kier alpha value is -3.81. The summed E-state index contributed by atoms with van der Waals surface area (Å²) in [6.07, 6.45) is 2.73. The molecule has 8 nitrogen and oxygen atoms in total. The summed E-state index contributed by atoms with van der Waals surface area (Å²) in [6, 6.07) is 14.6. The van der Waals surface area contributed by atoms with Crippen LogP contribution >= 0.6 is 0 Å². The predicted molar refractivity (Wildman–Crippen MR) is 128 cm³/mol. The van der Waals surface area contributed by atoms with Crippen molar-refractivity contribution in [2.24, 2.45) is 0 Å². The first kappa shape index (κ1) is 25.5. The highest BCUT2D eigenvalue weighted by Crippen LogP contribution is 2.18. The van der Waals surface area contributed by atoms with Crippen LogP contribution in [0.3, 0.4) is 0 Å². The van der Waals surface area contributed by atoms with Gasteiger partial charge in [-0.15, -0.1) is 0 Å². The first-order valence-electron chi connectivity index (χ1n) is 10.6. The lowest BCUT2D eigenvalue weighted by atomic mass is 10.2. The Kier molecular flexibility index (Phi) is 9.47. The zero-order chi connectivity index (χ0) is 24.3. The summed E-state index contributed by atoms with van der Waals surface area (Å²) in [6.45, 7) is 5.85. The third-order valence-electron chi connectivity index (χ3n) is 4.28. The number of alkyl carbamates (subject to hydrolysis) is 1. The Morgan fingerprint density at radius 2 is 1.67 bits per heavy atom. The molecule has 0 unspecified atom stereocenters. The molecule has 0 aromatic heterocycles. The van der Waals surface area contributed by atoms with E-state index in [1.54, 1.807) is 46.1 Å². The minimum absolute atomic E-state index is 0.145. The van der Waals surface area contributed by atoms with Gasteiger partial charge in [0.1, 0.15) is 11.4 Å². The summed E-state index contributed by atoms with van der Waals surface area (Å²) in [4.78, 5) is 35.7. The van der Waals surface area contributed by atoms with Crippen LogP contribution in [0, 0.1) is 0 Å². The van der Waals surface area contributed by atoms with E-state index in [4.69, 9.17) is 9.47 Å². The maximum absolute atomic E-state index is 12.2. The quantitative estimate of drug-likeness (QED) is 0.500. The highest BCUT2D eigenvalue weighted by molar-refractivity contribution is 6.02. The molecule has 2 aromatic rings. The van der Waals surface area contributed by atoms with Gasteiger partial charge in [0.15, 0.2) is 0 Å². The molecule has 0 saturated heterocycles. The summed E-state index contributed by atoms with van der Waals surface area (Å²) in [5.41, 5.74) is 1.75. The third kappa shape index (κ3) is 9.90. The molecule has 0 atom stereocenters. The van der Waals surface area contributed by atoms with Gasteiger partial charge in [-0.25, -0.2) is 4.79 Å². The molecule has 0 heterocycles. The fraction of sp³-hybridized carbons (Fsp3) is 0.320. The van der Waals surface area contributed by atoms with Crippen LogP contribution in [0.2, 0.25) is 0 Å². The van der Waals surface area contributed by atoms with E-state index in [0.717, 1.165) is 11.1 Å². The van der Waals surface area contributed by atoms with Crippen molar-refractivity contribution in [2.45, 2.75) is 39.3 Å². The van der Waals surface area contributed by atoms with Gasteiger partial charge in [0, 0.05) is 36.8 Å². The summed E-state index contributed by atoms with van der Waals surface area (Å²) in [5.74, 6) is 0.234. The number of ether oxygens (including phenoxy) is 2. The van der Waals surface area contributed by atoms with Gasteiger partial charge in [-0.2, -0.15) is 0 Å². The molecule has 176 valence electrons. The Morgan fingerprint density at radius 3 is 2.33 bits per heavy atom. The molecule has 2 rings (SSSR count). The van der Waals surface area contributed by atoms with Gasteiger partial charge in [0.25, 0.3) is 0 Å². The largest absolute Gasteiger partial charge is 0.496 e. The molecule has 0 radical (unpaired) electrons. The van der Waals surface area contributed by atoms with Gasteiger partial charge in [-0.1, -0.05) is 30.3 Å². The number of amides is 3. The summed E-state index contributed by atoms with van der Waals surface area (Å²) >= 11 is 0. The van der Waals surface area contributed by atoms with Crippen LogP contribution in [0.1, 0.15) is 38.3 Å². The monoisotopic (exact) mass is 453 g/mol. The number of rotatable bonds is 9. The maximum atomic E-state index is 12.2. The number of hydrogen-bond acceptors (Lipinski definition) is 5. The second kappa shape index (κ2) is 12.3. The average Bonchev–Trinajstić information content (AvgIpc) is 2.76. The first-order valence-corrected chi connectivity index (χ1v) is 10.6. The van der Waals surface area contributed by atoms with Crippen molar-refractivity contribution in [2.75, 3.05) is 19.0 Å². The van der Waals surface area contributed by atoms with Crippen molar-refractivity contribution in [3.05, 3.63) is 65.7 Å². The van der Waals surface area contributed by atoms with E-state index in [2.05, 4.69) is 16.0 Å². The zero-order valence-corrected chi connectivity index (χ0v) is 19.4. The molecule has 33 heavy (non-hydrogen) atoms. The number of carbonyl (C=O) groups excluding carboxylic acids is 3. The van der Waals surface area contributed by atoms with Crippen molar-refractivity contribution in [3.8, 4) is 5.75 Å². The van der Waals surface area contributed by atoms with Gasteiger partial charge in [-0.05, 0) is 50.6 Å². The van der Waals surface area contributed by atoms with Gasteiger partial charge >= 0.3 is 6.09 Å². The minimum atomic E-state index is -0.580. The lowest BCUT2D eigenvalue weighted by Crippen LogP contribution is -2.35. The van der Waals surface area contributed by atoms with Crippen molar-refractivity contribution in [3.63, 3.8) is 0 Å². The smallest absolute Gasteiger partial charge is 0.407 e. The number of benzene rings is 2. The van der Waals surface area contributed by atoms with E-state index in [1.165, 1.54) is 6.08 Å². The van der Waals surface area contributed by atoms with Gasteiger partial charge in [-0.3, -0.25) is 9.59 Å². The highest BCUT2D eigenvalue weighted by atomic mass is 16.6. The predicted octanol–water partition coefficient (Wildman–Crippen LogP) is 3.88. The normalized spacial score (nSPS) is 11.0. The topological polar surface area (TPSA) is 106 Å². The maximum Gasteiger partial charge on any atom is 0.407 e. The van der Waals surface area contributed by atoms with Crippen molar-refractivity contribution >= 4 is 29.7 Å². The van der Waals surface area contributed by atoms with Gasteiger partial charge < -0.3 is 25.4 Å². The summed E-state index contributed by atoms with van der Waals surface area (Å²) in [7, 11) is 1.58. The summed E-state index contributed by atoms with van der Waals surface area (Å²) < 4.78 is 10.4. The Balaban J connectivity index is 1.74. The number of para-hydroxylation sites is 1. The first-order chi connectivity index (χ1) is 15.7. The van der Waals surface area contributed by atoms with Crippen molar-refractivity contribution < 1.29 is 23.9 Å². The average molecular weight is 454 g/mol. The molecule has 8 heteroatoms. The van der Waals surface area contributed by atoms with Crippen LogP contribution in [0.4, 0.5) is 10.5 Å². The zero-order valence-electron chi connectivity index (χ0n) is 19.4. The summed E-state index contributed by atoms with van der Waals surface area (Å²) in [5, 5.41) is 8.13. The minimum Gasteiger partial charge on any atom is -0.496 e. The van der Waals surface area contributed by atoms with E-state index < -0.39 is 11.7 Å². The Morgan fingerprint density at radius 1 is 0.970 bits per heavy atom. The fourth-order valence-electron chi connectivity index (χ4n) is 2.74. The number of hydrogen-bond donors (Lipinski definition) is 3. The number of anilines is 1. The van der Waals surface area contributed by atoms with Crippen LogP contribution in [-0.2, 0) is 20.9 Å². The van der Waals surface area contributed by atoms with E-state index in [-0.39, 0.29) is 24.8 Å². The molecular weight excluding hydrogens is 422 g/mol. The number of carbonyl (C=O) groups is 3. The second-order valence-electron chi connectivity index (χ2n) is 8.22. The van der Waals surface area contributed by atoms with E-state index in [1.807, 2.05) is 36.4 Å². The lowest BCUT2D eigenvalue weighted by Gasteiger charge is -2.19. The molecule has 0 aliphatic rings. The molecule has 0 spiro atoms. The van der Waals surface area contributed by atoms with Gasteiger partial charge in [0.05, 0.1) is 7.11 Å². The van der Waals surface area contributed by atoms with E-state index in [0.29, 0.717) is 18.0 Å². The van der Waals surface area contributed by atoms with Crippen LogP contribution in [0.25, 0.3) is 6.08 Å². The fourth-order valence-corrected chi connectivity index (χ4v) is 2.74. The lowest BCUT2D eigenvalue weighted by molar-refractivity contribution is -0.121. The Bertz CT molecular complexity index is 978. The molecule has 0 aliphatic heterocycles. The Labute approximate surface area is 194 Å². The number of methoxy groups -OCH3 is 1. The van der Waals surface area contributed by atoms with Crippen LogP contribution in [0.5, 0.6) is 5.75 Å². The van der Waals surface area contributed by atoms with E-state index >= 15 is 0 Å². The molecular formula is C25H31N3O5. The van der Waals surface area contributed by atoms with E-state index in [9.17, 15) is 14.4 Å². The van der Waals surface area contributed by atoms with Crippen LogP contribution in [0.15, 0.2) is 54.6 Å². The molecule has 2 aromatic carbocycles. The standard InChI is InChI=1S/C25H31N3O5/c1-25(2,3)33-24(31)26-16-15-22(29)27-17-18-9-12-20(13-10-18)28-23(30)14-11-19-7-5-6-8-21(19)32-4/h5-14H,15-17H2,1-4H3,(H,26,31)(H,27,29)(H,28,30)/b14-11+. The second-order valence-corrected chi connectivity index (χ2v) is 8.22. The molecule has 0 saturated carbocycles. The van der Waals surface area contributed by atoms with Crippen LogP contribution in [-0.4, -0.2) is 37.2 Å². The SMILES string of the molecule is COc1ccccc1/C=C/C(=O)Nc1ccc(CNC(=O)CCNC(=O)OC(C)(C)C)cc1. The number of nitrogens with one attached hydrogen (secondary N) is 3. The third-order valence-corrected chi connectivity index (χ3v) is 4.28.